The number of ketones is 1. The predicted octanol–water partition coefficient (Wildman–Crippen LogP) is 7.25. The maximum atomic E-state index is 13.9. The molecule has 0 unspecified atom stereocenters. The summed E-state index contributed by atoms with van der Waals surface area (Å²) in [6, 6.07) is 27.9. The Morgan fingerprint density at radius 1 is 0.800 bits per heavy atom. The second-order valence-electron chi connectivity index (χ2n) is 8.86. The number of benzene rings is 4. The Hall–Kier alpha value is -5.04. The van der Waals surface area contributed by atoms with Crippen molar-refractivity contribution < 1.29 is 28.2 Å². The summed E-state index contributed by atoms with van der Waals surface area (Å²) in [6.07, 6.45) is 1.74. The Bertz CT molecular complexity index is 1620. The number of methoxy groups -OCH3 is 2. The number of carbonyl (C=O) groups excluding carboxylic acids is 1. The van der Waals surface area contributed by atoms with Crippen LogP contribution in [0.3, 0.4) is 0 Å². The van der Waals surface area contributed by atoms with Crippen molar-refractivity contribution in [2.75, 3.05) is 20.8 Å². The Morgan fingerprint density at radius 2 is 1.55 bits per heavy atom. The van der Waals surface area contributed by atoms with Gasteiger partial charge in [-0.3, -0.25) is 4.79 Å². The molecule has 5 rings (SSSR count). The molecule has 0 aliphatic rings. The molecule has 0 spiro atoms. The Morgan fingerprint density at radius 3 is 2.30 bits per heavy atom. The van der Waals surface area contributed by atoms with Crippen LogP contribution >= 0.6 is 0 Å². The molecule has 0 saturated carbocycles. The lowest BCUT2D eigenvalue weighted by Gasteiger charge is -2.13. The fourth-order valence-electron chi connectivity index (χ4n) is 4.25. The van der Waals surface area contributed by atoms with E-state index in [1.165, 1.54) is 7.11 Å². The van der Waals surface area contributed by atoms with Crippen LogP contribution in [0.4, 0.5) is 0 Å². The summed E-state index contributed by atoms with van der Waals surface area (Å²) in [6.45, 7) is 2.77. The molecule has 7 heteroatoms. The lowest BCUT2D eigenvalue weighted by Crippen LogP contribution is -2.05. The van der Waals surface area contributed by atoms with Crippen molar-refractivity contribution in [3.8, 4) is 23.0 Å². The number of Topliss-reactive ketones (excluding diaryl/α,β-unsaturated/α-hetero) is 1. The second kappa shape index (κ2) is 12.2. The molecule has 40 heavy (non-hydrogen) atoms. The van der Waals surface area contributed by atoms with Gasteiger partial charge in [0.1, 0.15) is 12.1 Å². The zero-order chi connectivity index (χ0) is 27.9. The van der Waals surface area contributed by atoms with Gasteiger partial charge in [-0.05, 0) is 66.6 Å². The van der Waals surface area contributed by atoms with Gasteiger partial charge in [0.25, 0.3) is 0 Å². The first kappa shape index (κ1) is 26.6. The molecule has 0 amide bonds. The summed E-state index contributed by atoms with van der Waals surface area (Å²) in [5, 5.41) is 0. The average Bonchev–Trinajstić information content (AvgIpc) is 3.43. The van der Waals surface area contributed by atoms with Gasteiger partial charge >= 0.3 is 0 Å². The van der Waals surface area contributed by atoms with E-state index in [2.05, 4.69) is 4.98 Å². The number of oxazole rings is 1. The summed E-state index contributed by atoms with van der Waals surface area (Å²) in [5.74, 6) is 2.08. The zero-order valence-corrected chi connectivity index (χ0v) is 22.5. The van der Waals surface area contributed by atoms with Crippen LogP contribution in [0.15, 0.2) is 95.4 Å². The van der Waals surface area contributed by atoms with Gasteiger partial charge < -0.3 is 23.4 Å². The molecule has 202 valence electrons. The first-order valence-corrected chi connectivity index (χ1v) is 12.9. The quantitative estimate of drug-likeness (QED) is 0.130. The maximum Gasteiger partial charge on any atom is 0.231 e. The highest BCUT2D eigenvalue weighted by Gasteiger charge is 2.22. The summed E-state index contributed by atoms with van der Waals surface area (Å²) >= 11 is 0. The SMILES string of the molecule is CCOc1cc(/C=C(/C(=O)c2ccc(OC)c(OC)c2)c2nc3ccccc3o2)ccc1OCc1ccccc1. The van der Waals surface area contributed by atoms with E-state index in [1.807, 2.05) is 79.7 Å². The fourth-order valence-corrected chi connectivity index (χ4v) is 4.25. The van der Waals surface area contributed by atoms with Gasteiger partial charge in [-0.15, -0.1) is 0 Å². The normalized spacial score (nSPS) is 11.3. The zero-order valence-electron chi connectivity index (χ0n) is 22.5. The van der Waals surface area contributed by atoms with E-state index >= 15 is 0 Å². The number of carbonyl (C=O) groups is 1. The number of rotatable bonds is 11. The third kappa shape index (κ3) is 5.83. The highest BCUT2D eigenvalue weighted by atomic mass is 16.5. The molecule has 5 aromatic rings. The monoisotopic (exact) mass is 535 g/mol. The number of para-hydroxylation sites is 2. The number of aromatic nitrogens is 1. The minimum Gasteiger partial charge on any atom is -0.493 e. The third-order valence-corrected chi connectivity index (χ3v) is 6.23. The van der Waals surface area contributed by atoms with Gasteiger partial charge in [0.05, 0.1) is 26.4 Å². The highest BCUT2D eigenvalue weighted by Crippen LogP contribution is 2.34. The topological polar surface area (TPSA) is 80.0 Å². The van der Waals surface area contributed by atoms with Crippen LogP contribution < -0.4 is 18.9 Å². The summed E-state index contributed by atoms with van der Waals surface area (Å²) in [5.41, 5.74) is 3.70. The minimum atomic E-state index is -0.283. The van der Waals surface area contributed by atoms with Crippen LogP contribution in [0.25, 0.3) is 22.7 Å². The van der Waals surface area contributed by atoms with E-state index in [1.54, 1.807) is 31.4 Å². The van der Waals surface area contributed by atoms with E-state index in [0.29, 0.717) is 52.9 Å². The van der Waals surface area contributed by atoms with Gasteiger partial charge in [0, 0.05) is 5.56 Å². The van der Waals surface area contributed by atoms with E-state index in [4.69, 9.17) is 23.4 Å². The van der Waals surface area contributed by atoms with Gasteiger partial charge in [-0.1, -0.05) is 48.5 Å². The van der Waals surface area contributed by atoms with Crippen molar-refractivity contribution >= 4 is 28.5 Å². The van der Waals surface area contributed by atoms with Crippen LogP contribution in [0, 0.1) is 0 Å². The summed E-state index contributed by atoms with van der Waals surface area (Å²) < 4.78 is 28.7. The second-order valence-corrected chi connectivity index (χ2v) is 8.86. The lowest BCUT2D eigenvalue weighted by molar-refractivity contribution is 0.105. The summed E-state index contributed by atoms with van der Waals surface area (Å²) in [4.78, 5) is 18.5. The van der Waals surface area contributed by atoms with Crippen LogP contribution in [-0.4, -0.2) is 31.6 Å². The largest absolute Gasteiger partial charge is 0.493 e. The van der Waals surface area contributed by atoms with Crippen molar-refractivity contribution in [3.63, 3.8) is 0 Å². The average molecular weight is 536 g/mol. The molecule has 0 N–H and O–H groups in total. The van der Waals surface area contributed by atoms with Gasteiger partial charge in [0.2, 0.25) is 5.89 Å². The highest BCUT2D eigenvalue weighted by molar-refractivity contribution is 6.31. The molecule has 0 saturated heterocycles. The molecule has 0 aliphatic carbocycles. The molecule has 1 aromatic heterocycles. The van der Waals surface area contributed by atoms with Crippen LogP contribution in [-0.2, 0) is 6.61 Å². The van der Waals surface area contributed by atoms with Gasteiger partial charge in [-0.25, -0.2) is 4.98 Å². The van der Waals surface area contributed by atoms with Crippen molar-refractivity contribution in [2.24, 2.45) is 0 Å². The fraction of sp³-hybridized carbons (Fsp3) is 0.152. The number of hydrogen-bond acceptors (Lipinski definition) is 7. The van der Waals surface area contributed by atoms with Crippen LogP contribution in [0.2, 0.25) is 0 Å². The van der Waals surface area contributed by atoms with Crippen molar-refractivity contribution in [2.45, 2.75) is 13.5 Å². The minimum absolute atomic E-state index is 0.211. The number of allylic oxidation sites excluding steroid dienone is 1. The van der Waals surface area contributed by atoms with E-state index in [-0.39, 0.29) is 17.2 Å². The maximum absolute atomic E-state index is 13.9. The summed E-state index contributed by atoms with van der Waals surface area (Å²) in [7, 11) is 3.08. The number of nitrogens with zero attached hydrogens (tertiary/aromatic N) is 1. The molecule has 0 radical (unpaired) electrons. The molecular formula is C33H29NO6. The first-order chi connectivity index (χ1) is 19.6. The van der Waals surface area contributed by atoms with Gasteiger partial charge in [0.15, 0.2) is 34.4 Å². The third-order valence-electron chi connectivity index (χ3n) is 6.23. The Labute approximate surface area is 232 Å². The Kier molecular flexibility index (Phi) is 8.11. The predicted molar refractivity (Wildman–Crippen MR) is 154 cm³/mol. The van der Waals surface area contributed by atoms with Crippen LogP contribution in [0.5, 0.6) is 23.0 Å². The standard InChI is InChI=1S/C33H29NO6/c1-4-38-31-19-23(14-16-29(31)39-21-22-10-6-5-7-11-22)18-25(33-34-26-12-8-9-13-27(26)40-33)32(35)24-15-17-28(36-2)30(20-24)37-3/h5-20H,4,21H2,1-3H3/b25-18-. The number of ether oxygens (including phenoxy) is 4. The molecule has 4 aromatic carbocycles. The van der Waals surface area contributed by atoms with E-state index < -0.39 is 0 Å². The van der Waals surface area contributed by atoms with Crippen molar-refractivity contribution in [3.05, 3.63) is 114 Å². The molecule has 0 atom stereocenters. The van der Waals surface area contributed by atoms with Crippen molar-refractivity contribution in [1.29, 1.82) is 0 Å². The van der Waals surface area contributed by atoms with E-state index in [9.17, 15) is 4.79 Å². The molecular weight excluding hydrogens is 506 g/mol. The van der Waals surface area contributed by atoms with Crippen molar-refractivity contribution in [1.82, 2.24) is 4.98 Å². The molecule has 7 nitrogen and oxygen atoms in total. The lowest BCUT2D eigenvalue weighted by atomic mass is 10.00. The molecule has 1 heterocycles. The van der Waals surface area contributed by atoms with Crippen LogP contribution in [0.1, 0.15) is 34.3 Å². The Balaban J connectivity index is 1.55. The number of fused-ring (bicyclic) bond motifs is 1. The smallest absolute Gasteiger partial charge is 0.231 e. The molecule has 0 fully saturated rings. The van der Waals surface area contributed by atoms with Gasteiger partial charge in [-0.2, -0.15) is 0 Å². The van der Waals surface area contributed by atoms with E-state index in [0.717, 1.165) is 11.1 Å². The first-order valence-electron chi connectivity index (χ1n) is 12.9. The molecule has 0 bridgehead atoms. The number of hydrogen-bond donors (Lipinski definition) is 0. The molecule has 0 aliphatic heterocycles.